The molecule has 0 atom stereocenters. The molecule has 0 spiro atoms. The number of anilines is 1. The molecule has 1 heterocycles. The quantitative estimate of drug-likeness (QED) is 0.333. The average Bonchev–Trinajstić information content (AvgIpc) is 3.01. The molecule has 4 rings (SSSR count). The molecule has 0 fully saturated rings. The van der Waals surface area contributed by atoms with Crippen molar-refractivity contribution in [2.45, 2.75) is 27.3 Å². The molecule has 2 amide bonds. The van der Waals surface area contributed by atoms with E-state index in [1.54, 1.807) is 0 Å². The molecule has 1 aliphatic heterocycles. The summed E-state index contributed by atoms with van der Waals surface area (Å²) >= 11 is 0. The van der Waals surface area contributed by atoms with E-state index in [4.69, 9.17) is 0 Å². The van der Waals surface area contributed by atoms with Gasteiger partial charge in [0.05, 0.1) is 17.0 Å². The first-order valence-electron chi connectivity index (χ1n) is 10.5. The minimum Gasteiger partial charge on any atom is -0.350 e. The largest absolute Gasteiger partial charge is 0.350 e. The molecule has 7 heteroatoms. The highest BCUT2D eigenvalue weighted by atomic mass is 16.6. The molecule has 0 saturated carbocycles. The number of imide groups is 1. The Morgan fingerprint density at radius 1 is 0.848 bits per heavy atom. The summed E-state index contributed by atoms with van der Waals surface area (Å²) in [7, 11) is 0. The van der Waals surface area contributed by atoms with Crippen LogP contribution in [0.15, 0.2) is 72.4 Å². The Labute approximate surface area is 191 Å². The highest BCUT2D eigenvalue weighted by Crippen LogP contribution is 2.33. The zero-order valence-electron chi connectivity index (χ0n) is 18.6. The van der Waals surface area contributed by atoms with E-state index in [9.17, 15) is 19.7 Å². The lowest BCUT2D eigenvalue weighted by molar-refractivity contribution is -0.384. The third-order valence-corrected chi connectivity index (χ3v) is 5.64. The summed E-state index contributed by atoms with van der Waals surface area (Å²) in [5.74, 6) is -0.879. The van der Waals surface area contributed by atoms with Crippen LogP contribution in [0.4, 0.5) is 11.4 Å². The Morgan fingerprint density at radius 3 is 2.09 bits per heavy atom. The van der Waals surface area contributed by atoms with E-state index in [0.29, 0.717) is 11.3 Å². The van der Waals surface area contributed by atoms with Crippen molar-refractivity contribution in [1.29, 1.82) is 0 Å². The SMILES string of the molecule is Cc1ccc(CN2C(=O)C(Nc3ccc(C)cc3C)=C(c3ccc([N+](=O)[O-])cc3)C2=O)cc1. The number of rotatable bonds is 6. The van der Waals surface area contributed by atoms with Crippen molar-refractivity contribution >= 4 is 28.8 Å². The smallest absolute Gasteiger partial charge is 0.278 e. The zero-order valence-corrected chi connectivity index (χ0v) is 18.6. The third-order valence-electron chi connectivity index (χ3n) is 5.64. The highest BCUT2D eigenvalue weighted by Gasteiger charge is 2.39. The van der Waals surface area contributed by atoms with Crippen molar-refractivity contribution in [2.24, 2.45) is 0 Å². The number of carbonyl (C=O) groups excluding carboxylic acids is 2. The van der Waals surface area contributed by atoms with Crippen LogP contribution in [0.1, 0.15) is 27.8 Å². The number of carbonyl (C=O) groups is 2. The summed E-state index contributed by atoms with van der Waals surface area (Å²) in [6.45, 7) is 6.00. The van der Waals surface area contributed by atoms with E-state index >= 15 is 0 Å². The Bertz CT molecular complexity index is 1290. The number of nitro groups is 1. The predicted octanol–water partition coefficient (Wildman–Crippen LogP) is 4.91. The molecular formula is C26H23N3O4. The van der Waals surface area contributed by atoms with Gasteiger partial charge < -0.3 is 5.32 Å². The number of hydrogen-bond donors (Lipinski definition) is 1. The molecule has 7 nitrogen and oxygen atoms in total. The normalized spacial score (nSPS) is 13.6. The van der Waals surface area contributed by atoms with Gasteiger partial charge in [-0.2, -0.15) is 0 Å². The second-order valence-electron chi connectivity index (χ2n) is 8.18. The number of non-ortho nitro benzene ring substituents is 1. The van der Waals surface area contributed by atoms with Gasteiger partial charge in [-0.15, -0.1) is 0 Å². The standard InChI is InChI=1S/C26H23N3O4/c1-16-4-7-19(8-5-16)15-28-25(30)23(20-9-11-21(12-10-20)29(32)33)24(26(28)31)27-22-13-6-17(2)14-18(22)3/h4-14,27H,15H2,1-3H3. The van der Waals surface area contributed by atoms with Crippen LogP contribution in [0.3, 0.4) is 0 Å². The maximum Gasteiger partial charge on any atom is 0.278 e. The number of aryl methyl sites for hydroxylation is 3. The molecular weight excluding hydrogens is 418 g/mol. The molecule has 0 aliphatic carbocycles. The van der Waals surface area contributed by atoms with Crippen LogP contribution in [0, 0.1) is 30.9 Å². The number of hydrogen-bond acceptors (Lipinski definition) is 5. The summed E-state index contributed by atoms with van der Waals surface area (Å²) in [4.78, 5) is 38.6. The van der Waals surface area contributed by atoms with E-state index in [0.717, 1.165) is 22.3 Å². The second kappa shape index (κ2) is 8.70. The average molecular weight is 441 g/mol. The Balaban J connectivity index is 1.76. The summed E-state index contributed by atoms with van der Waals surface area (Å²) in [5.41, 5.74) is 5.36. The number of nitrogens with one attached hydrogen (secondary N) is 1. The van der Waals surface area contributed by atoms with Crippen LogP contribution in [0.5, 0.6) is 0 Å². The predicted molar refractivity (Wildman–Crippen MR) is 126 cm³/mol. The zero-order chi connectivity index (χ0) is 23.7. The minimum absolute atomic E-state index is 0.0866. The molecule has 1 N–H and O–H groups in total. The highest BCUT2D eigenvalue weighted by molar-refractivity contribution is 6.36. The van der Waals surface area contributed by atoms with Gasteiger partial charge in [0.25, 0.3) is 17.5 Å². The van der Waals surface area contributed by atoms with Crippen LogP contribution in [0.25, 0.3) is 5.57 Å². The maximum atomic E-state index is 13.4. The molecule has 3 aromatic rings. The van der Waals surface area contributed by atoms with Crippen LogP contribution >= 0.6 is 0 Å². The van der Waals surface area contributed by atoms with Gasteiger partial charge in [0.1, 0.15) is 5.70 Å². The van der Waals surface area contributed by atoms with Crippen molar-refractivity contribution in [2.75, 3.05) is 5.32 Å². The van der Waals surface area contributed by atoms with Crippen LogP contribution < -0.4 is 5.32 Å². The molecule has 1 aliphatic rings. The Morgan fingerprint density at radius 2 is 1.48 bits per heavy atom. The summed E-state index contributed by atoms with van der Waals surface area (Å²) in [5, 5.41) is 14.2. The van der Waals surface area contributed by atoms with Gasteiger partial charge in [0.15, 0.2) is 0 Å². The van der Waals surface area contributed by atoms with Gasteiger partial charge in [-0.25, -0.2) is 0 Å². The van der Waals surface area contributed by atoms with Crippen molar-refractivity contribution in [3.8, 4) is 0 Å². The fraction of sp³-hybridized carbons (Fsp3) is 0.154. The lowest BCUT2D eigenvalue weighted by Crippen LogP contribution is -2.32. The van der Waals surface area contributed by atoms with E-state index in [2.05, 4.69) is 5.32 Å². The number of nitrogens with zero attached hydrogens (tertiary/aromatic N) is 2. The van der Waals surface area contributed by atoms with Crippen molar-refractivity contribution in [3.05, 3.63) is 110 Å². The Kier molecular flexibility index (Phi) is 5.79. The lowest BCUT2D eigenvalue weighted by Gasteiger charge is -2.16. The molecule has 0 aromatic heterocycles. The monoisotopic (exact) mass is 441 g/mol. The third kappa shape index (κ3) is 4.39. The van der Waals surface area contributed by atoms with Gasteiger partial charge in [0, 0.05) is 17.8 Å². The van der Waals surface area contributed by atoms with Gasteiger partial charge in [-0.1, -0.05) is 47.5 Å². The number of nitro benzene ring substituents is 1. The van der Waals surface area contributed by atoms with E-state index < -0.39 is 16.7 Å². The van der Waals surface area contributed by atoms with E-state index in [1.165, 1.54) is 29.2 Å². The first-order chi connectivity index (χ1) is 15.7. The summed E-state index contributed by atoms with van der Waals surface area (Å²) < 4.78 is 0. The van der Waals surface area contributed by atoms with E-state index in [1.807, 2.05) is 63.2 Å². The van der Waals surface area contributed by atoms with Gasteiger partial charge >= 0.3 is 0 Å². The number of amides is 2. The van der Waals surface area contributed by atoms with Gasteiger partial charge in [0.2, 0.25) is 0 Å². The maximum absolute atomic E-state index is 13.4. The molecule has 3 aromatic carbocycles. The second-order valence-corrected chi connectivity index (χ2v) is 8.18. The molecule has 33 heavy (non-hydrogen) atoms. The summed E-state index contributed by atoms with van der Waals surface area (Å²) in [6.07, 6.45) is 0. The van der Waals surface area contributed by atoms with Gasteiger partial charge in [-0.3, -0.25) is 24.6 Å². The Hall–Kier alpha value is -4.26. The topological polar surface area (TPSA) is 92.6 Å². The molecule has 0 bridgehead atoms. The fourth-order valence-corrected chi connectivity index (χ4v) is 3.82. The minimum atomic E-state index is -0.502. The van der Waals surface area contributed by atoms with Gasteiger partial charge in [-0.05, 0) is 55.7 Å². The number of benzene rings is 3. The summed E-state index contributed by atoms with van der Waals surface area (Å²) in [6, 6.07) is 19.1. The molecule has 0 unspecified atom stereocenters. The lowest BCUT2D eigenvalue weighted by atomic mass is 10.0. The first-order valence-corrected chi connectivity index (χ1v) is 10.5. The first kappa shape index (κ1) is 22.0. The van der Waals surface area contributed by atoms with Crippen LogP contribution in [-0.4, -0.2) is 21.6 Å². The van der Waals surface area contributed by atoms with Crippen molar-refractivity contribution in [3.63, 3.8) is 0 Å². The van der Waals surface area contributed by atoms with Crippen molar-refractivity contribution in [1.82, 2.24) is 4.90 Å². The molecule has 166 valence electrons. The fourth-order valence-electron chi connectivity index (χ4n) is 3.82. The van der Waals surface area contributed by atoms with Crippen molar-refractivity contribution < 1.29 is 14.5 Å². The van der Waals surface area contributed by atoms with Crippen LogP contribution in [-0.2, 0) is 16.1 Å². The van der Waals surface area contributed by atoms with E-state index in [-0.39, 0.29) is 23.5 Å². The molecule has 0 saturated heterocycles. The molecule has 0 radical (unpaired) electrons. The van der Waals surface area contributed by atoms with Crippen LogP contribution in [0.2, 0.25) is 0 Å².